The predicted octanol–water partition coefficient (Wildman–Crippen LogP) is 5.22. The molecule has 9 heteroatoms. The molecular weight excluding hydrogens is 462 g/mol. The van der Waals surface area contributed by atoms with Gasteiger partial charge >= 0.3 is 5.97 Å². The number of nitrogens with zero attached hydrogens (tertiary/aromatic N) is 3. The highest BCUT2D eigenvalue weighted by Gasteiger charge is 2.67. The molecule has 0 radical (unpaired) electrons. The SMILES string of the molecule is COC(=O)CC[C@@H](C)[C@H]1CC[C@H]2[C@@H]3[C@H](OC=O)CC4C[C@H](N=[N+]=[N-])CC[C@]4(C)[C@H]3C[C@H](OC=O)[C@]12C. The number of carbonyl (C=O) groups is 3. The van der Waals surface area contributed by atoms with Gasteiger partial charge in [0, 0.05) is 28.7 Å². The van der Waals surface area contributed by atoms with Gasteiger partial charge in [0.05, 0.1) is 7.11 Å². The number of esters is 1. The topological polar surface area (TPSA) is 128 Å². The fourth-order valence-corrected chi connectivity index (χ4v) is 9.39. The fraction of sp³-hybridized carbons (Fsp3) is 0.889. The second-order valence-corrected chi connectivity index (χ2v) is 12.2. The van der Waals surface area contributed by atoms with Crippen LogP contribution in [0, 0.1) is 46.3 Å². The van der Waals surface area contributed by atoms with Crippen LogP contribution >= 0.6 is 0 Å². The molecule has 0 heterocycles. The molecule has 4 aliphatic rings. The number of hydrogen-bond donors (Lipinski definition) is 0. The van der Waals surface area contributed by atoms with Gasteiger partial charge in [-0.3, -0.25) is 14.4 Å². The Balaban J connectivity index is 1.67. The maximum atomic E-state index is 11.8. The molecule has 200 valence electrons. The lowest BCUT2D eigenvalue weighted by Gasteiger charge is -2.64. The van der Waals surface area contributed by atoms with Crippen LogP contribution in [0.2, 0.25) is 0 Å². The van der Waals surface area contributed by atoms with Crippen LogP contribution in [0.15, 0.2) is 5.11 Å². The molecular formula is C27H41N3O6. The van der Waals surface area contributed by atoms with Crippen LogP contribution in [-0.4, -0.2) is 44.3 Å². The summed E-state index contributed by atoms with van der Waals surface area (Å²) in [4.78, 5) is 38.3. The summed E-state index contributed by atoms with van der Waals surface area (Å²) in [7, 11) is 1.42. The largest absolute Gasteiger partial charge is 0.469 e. The average Bonchev–Trinajstić information content (AvgIpc) is 3.22. The molecule has 0 amide bonds. The van der Waals surface area contributed by atoms with Gasteiger partial charge in [0.15, 0.2) is 0 Å². The van der Waals surface area contributed by atoms with Crippen LogP contribution < -0.4 is 0 Å². The number of carbonyl (C=O) groups excluding carboxylic acids is 3. The Labute approximate surface area is 213 Å². The molecule has 4 rings (SSSR count). The standard InChI is InChI=1S/C27H41N3O6/c1-16(5-8-24(33)34-4)19-6-7-20-25-21(13-23(36-15-32)27(19,20)3)26(2)10-9-18(29-30-28)11-17(26)12-22(25)35-14-31/h14-23,25H,5-13H2,1-4H3/t16-,17?,18-,19-,20+,21+,22-,23+,25+,26+,27-/m1/s1. The monoisotopic (exact) mass is 503 g/mol. The van der Waals surface area contributed by atoms with Crippen LogP contribution in [0.25, 0.3) is 10.4 Å². The van der Waals surface area contributed by atoms with E-state index in [1.54, 1.807) is 0 Å². The molecule has 4 saturated carbocycles. The molecule has 0 aromatic heterocycles. The van der Waals surface area contributed by atoms with Gasteiger partial charge in [-0.15, -0.1) is 0 Å². The van der Waals surface area contributed by atoms with Gasteiger partial charge in [-0.05, 0) is 91.9 Å². The van der Waals surface area contributed by atoms with Crippen LogP contribution in [0.5, 0.6) is 0 Å². The zero-order valence-corrected chi connectivity index (χ0v) is 22.0. The molecule has 0 aromatic carbocycles. The first-order valence-electron chi connectivity index (χ1n) is 13.5. The van der Waals surface area contributed by atoms with E-state index in [4.69, 9.17) is 19.7 Å². The predicted molar refractivity (Wildman–Crippen MR) is 131 cm³/mol. The minimum Gasteiger partial charge on any atom is -0.469 e. The first kappa shape index (κ1) is 26.8. The molecule has 0 aliphatic heterocycles. The van der Waals surface area contributed by atoms with E-state index in [-0.39, 0.29) is 64.6 Å². The zero-order valence-electron chi connectivity index (χ0n) is 22.0. The van der Waals surface area contributed by atoms with Crippen molar-refractivity contribution in [2.24, 2.45) is 51.5 Å². The molecule has 0 N–H and O–H groups in total. The summed E-state index contributed by atoms with van der Waals surface area (Å²) in [6.45, 7) is 8.00. The Bertz CT molecular complexity index is 893. The Morgan fingerprint density at radius 2 is 1.86 bits per heavy atom. The highest BCUT2D eigenvalue weighted by molar-refractivity contribution is 5.69. The smallest absolute Gasteiger partial charge is 0.305 e. The van der Waals surface area contributed by atoms with E-state index in [1.165, 1.54) is 7.11 Å². The third kappa shape index (κ3) is 4.37. The van der Waals surface area contributed by atoms with E-state index in [1.807, 2.05) is 0 Å². The van der Waals surface area contributed by atoms with Gasteiger partial charge in [0.25, 0.3) is 12.9 Å². The lowest BCUT2D eigenvalue weighted by atomic mass is 9.43. The fourth-order valence-electron chi connectivity index (χ4n) is 9.39. The summed E-state index contributed by atoms with van der Waals surface area (Å²) in [5.41, 5.74) is 8.74. The van der Waals surface area contributed by atoms with Crippen LogP contribution in [0.4, 0.5) is 0 Å². The lowest BCUT2D eigenvalue weighted by molar-refractivity contribution is -0.214. The average molecular weight is 504 g/mol. The third-order valence-electron chi connectivity index (χ3n) is 11.2. The van der Waals surface area contributed by atoms with Gasteiger partial charge in [-0.25, -0.2) is 0 Å². The summed E-state index contributed by atoms with van der Waals surface area (Å²) in [5.74, 6) is 1.34. The molecule has 9 nitrogen and oxygen atoms in total. The number of azide groups is 1. The molecule has 0 saturated heterocycles. The summed E-state index contributed by atoms with van der Waals surface area (Å²) in [5, 5.41) is 4.02. The van der Waals surface area contributed by atoms with E-state index < -0.39 is 0 Å². The third-order valence-corrected chi connectivity index (χ3v) is 11.2. The summed E-state index contributed by atoms with van der Waals surface area (Å²) < 4.78 is 16.6. The molecule has 36 heavy (non-hydrogen) atoms. The van der Waals surface area contributed by atoms with E-state index >= 15 is 0 Å². The maximum absolute atomic E-state index is 11.8. The molecule has 11 atom stereocenters. The second-order valence-electron chi connectivity index (χ2n) is 12.2. The molecule has 0 aromatic rings. The van der Waals surface area contributed by atoms with Crippen molar-refractivity contribution < 1.29 is 28.6 Å². The van der Waals surface area contributed by atoms with Gasteiger partial charge in [0.1, 0.15) is 12.2 Å². The minimum absolute atomic E-state index is 0.00922. The van der Waals surface area contributed by atoms with Crippen LogP contribution in [0.3, 0.4) is 0 Å². The van der Waals surface area contributed by atoms with Gasteiger partial charge in [0.2, 0.25) is 0 Å². The van der Waals surface area contributed by atoms with Crippen molar-refractivity contribution in [3.05, 3.63) is 10.4 Å². The van der Waals surface area contributed by atoms with Gasteiger partial charge < -0.3 is 14.2 Å². The van der Waals surface area contributed by atoms with Gasteiger partial charge in [-0.1, -0.05) is 25.9 Å². The Morgan fingerprint density at radius 1 is 1.11 bits per heavy atom. The molecule has 4 aliphatic carbocycles. The van der Waals surface area contributed by atoms with Crippen molar-refractivity contribution in [3.8, 4) is 0 Å². The molecule has 1 unspecified atom stereocenters. The van der Waals surface area contributed by atoms with Crippen molar-refractivity contribution in [2.75, 3.05) is 7.11 Å². The first-order valence-corrected chi connectivity index (χ1v) is 13.5. The van der Waals surface area contributed by atoms with E-state index in [2.05, 4.69) is 30.8 Å². The van der Waals surface area contributed by atoms with Crippen molar-refractivity contribution in [2.45, 2.75) is 96.8 Å². The van der Waals surface area contributed by atoms with Crippen molar-refractivity contribution in [3.63, 3.8) is 0 Å². The van der Waals surface area contributed by atoms with Crippen molar-refractivity contribution in [1.29, 1.82) is 0 Å². The molecule has 0 bridgehead atoms. The number of ether oxygens (including phenoxy) is 3. The normalized spacial score (nSPS) is 44.0. The van der Waals surface area contributed by atoms with Crippen molar-refractivity contribution in [1.82, 2.24) is 0 Å². The maximum Gasteiger partial charge on any atom is 0.305 e. The molecule has 4 fully saturated rings. The number of fused-ring (bicyclic) bond motifs is 5. The van der Waals surface area contributed by atoms with Gasteiger partial charge in [-0.2, -0.15) is 0 Å². The Kier molecular flexibility index (Phi) is 7.89. The number of methoxy groups -OCH3 is 1. The van der Waals surface area contributed by atoms with Crippen LogP contribution in [0.1, 0.15) is 78.6 Å². The zero-order chi connectivity index (χ0) is 26.1. The van der Waals surface area contributed by atoms with E-state index in [0.717, 1.165) is 51.4 Å². The van der Waals surface area contributed by atoms with Crippen molar-refractivity contribution >= 4 is 18.9 Å². The summed E-state index contributed by atoms with van der Waals surface area (Å²) in [6.07, 6.45) is 6.81. The van der Waals surface area contributed by atoms with E-state index in [0.29, 0.717) is 25.3 Å². The van der Waals surface area contributed by atoms with Crippen LogP contribution in [-0.2, 0) is 28.6 Å². The Hall–Kier alpha value is -2.28. The first-order chi connectivity index (χ1) is 17.2. The highest BCUT2D eigenvalue weighted by atomic mass is 16.5. The second kappa shape index (κ2) is 10.6. The number of rotatable bonds is 9. The molecule has 0 spiro atoms. The number of hydrogen-bond acceptors (Lipinski definition) is 7. The highest BCUT2D eigenvalue weighted by Crippen LogP contribution is 2.69. The summed E-state index contributed by atoms with van der Waals surface area (Å²) >= 11 is 0. The Morgan fingerprint density at radius 3 is 2.53 bits per heavy atom. The van der Waals surface area contributed by atoms with E-state index in [9.17, 15) is 14.4 Å². The summed E-state index contributed by atoms with van der Waals surface area (Å²) in [6, 6.07) is -0.0242. The minimum atomic E-state index is -0.256. The quantitative estimate of drug-likeness (QED) is 0.106. The lowest BCUT2D eigenvalue weighted by Crippen LogP contribution is -2.63.